The van der Waals surface area contributed by atoms with E-state index >= 15 is 0 Å². The van der Waals surface area contributed by atoms with Gasteiger partial charge in [-0.2, -0.15) is 0 Å². The largest absolute Gasteiger partial charge is 0.490 e. The molecule has 1 heterocycles. The highest BCUT2D eigenvalue weighted by atomic mass is 16.6. The molecule has 0 radical (unpaired) electrons. The molecular weight excluding hydrogens is 210 g/mol. The summed E-state index contributed by atoms with van der Waals surface area (Å²) in [6, 6.07) is 1.87. The SMILES string of the molecule is COCCOCCOCCOc1cc[nH]c1. The van der Waals surface area contributed by atoms with Crippen molar-refractivity contribution in [2.75, 3.05) is 46.8 Å². The molecular formula is C11H19NO4. The number of aromatic amines is 1. The topological polar surface area (TPSA) is 52.7 Å². The van der Waals surface area contributed by atoms with Crippen molar-refractivity contribution in [3.8, 4) is 5.75 Å². The van der Waals surface area contributed by atoms with E-state index in [1.54, 1.807) is 13.3 Å². The lowest BCUT2D eigenvalue weighted by Crippen LogP contribution is -2.12. The van der Waals surface area contributed by atoms with E-state index in [2.05, 4.69) is 4.98 Å². The normalized spacial score (nSPS) is 10.6. The van der Waals surface area contributed by atoms with Crippen LogP contribution in [0.5, 0.6) is 5.75 Å². The number of ether oxygens (including phenoxy) is 4. The second-order valence-corrected chi connectivity index (χ2v) is 3.11. The maximum Gasteiger partial charge on any atom is 0.136 e. The third-order valence-corrected chi connectivity index (χ3v) is 1.87. The fourth-order valence-corrected chi connectivity index (χ4v) is 1.08. The molecule has 0 saturated carbocycles. The second kappa shape index (κ2) is 9.21. The Morgan fingerprint density at radius 2 is 1.69 bits per heavy atom. The molecule has 0 spiro atoms. The Hall–Kier alpha value is -1.04. The average molecular weight is 229 g/mol. The van der Waals surface area contributed by atoms with Crippen LogP contribution in [0.4, 0.5) is 0 Å². The zero-order valence-electron chi connectivity index (χ0n) is 9.61. The molecule has 0 saturated heterocycles. The molecule has 5 nitrogen and oxygen atoms in total. The van der Waals surface area contributed by atoms with E-state index in [9.17, 15) is 0 Å². The van der Waals surface area contributed by atoms with Crippen molar-refractivity contribution in [2.45, 2.75) is 0 Å². The van der Waals surface area contributed by atoms with Gasteiger partial charge in [-0.1, -0.05) is 0 Å². The fraction of sp³-hybridized carbons (Fsp3) is 0.636. The van der Waals surface area contributed by atoms with Crippen LogP contribution in [0.1, 0.15) is 0 Å². The zero-order chi connectivity index (χ0) is 11.5. The first kappa shape index (κ1) is 13.0. The van der Waals surface area contributed by atoms with Crippen LogP contribution in [0.3, 0.4) is 0 Å². The first-order valence-corrected chi connectivity index (χ1v) is 5.33. The van der Waals surface area contributed by atoms with Gasteiger partial charge in [-0.25, -0.2) is 0 Å². The van der Waals surface area contributed by atoms with Crippen molar-refractivity contribution in [1.29, 1.82) is 0 Å². The van der Waals surface area contributed by atoms with Gasteiger partial charge in [0.15, 0.2) is 0 Å². The molecule has 0 aromatic carbocycles. The monoisotopic (exact) mass is 229 g/mol. The van der Waals surface area contributed by atoms with Crippen LogP contribution in [0.25, 0.3) is 0 Å². The average Bonchev–Trinajstić information content (AvgIpc) is 2.80. The summed E-state index contributed by atoms with van der Waals surface area (Å²) in [5.41, 5.74) is 0. The summed E-state index contributed by atoms with van der Waals surface area (Å²) in [4.78, 5) is 2.91. The number of aromatic nitrogens is 1. The summed E-state index contributed by atoms with van der Waals surface area (Å²) >= 11 is 0. The van der Waals surface area contributed by atoms with Crippen LogP contribution in [0.2, 0.25) is 0 Å². The first-order chi connectivity index (χ1) is 7.93. The van der Waals surface area contributed by atoms with Crippen molar-refractivity contribution in [1.82, 2.24) is 4.98 Å². The molecule has 5 heteroatoms. The Labute approximate surface area is 95.6 Å². The molecule has 1 rings (SSSR count). The van der Waals surface area contributed by atoms with Crippen molar-refractivity contribution in [2.24, 2.45) is 0 Å². The van der Waals surface area contributed by atoms with E-state index in [1.165, 1.54) is 0 Å². The maximum atomic E-state index is 5.37. The lowest BCUT2D eigenvalue weighted by molar-refractivity contribution is 0.0180. The highest BCUT2D eigenvalue weighted by Crippen LogP contribution is 2.06. The standard InChI is InChI=1S/C11H19NO4/c1-13-4-5-14-6-7-15-8-9-16-11-2-3-12-10-11/h2-3,10,12H,4-9H2,1H3. The summed E-state index contributed by atoms with van der Waals surface area (Å²) in [5.74, 6) is 0.833. The van der Waals surface area contributed by atoms with Gasteiger partial charge in [0, 0.05) is 19.5 Å². The van der Waals surface area contributed by atoms with Gasteiger partial charge in [-0.3, -0.25) is 0 Å². The number of hydrogen-bond acceptors (Lipinski definition) is 4. The lowest BCUT2D eigenvalue weighted by atomic mass is 10.6. The van der Waals surface area contributed by atoms with Gasteiger partial charge >= 0.3 is 0 Å². The van der Waals surface area contributed by atoms with Crippen molar-refractivity contribution in [3.05, 3.63) is 18.5 Å². The second-order valence-electron chi connectivity index (χ2n) is 3.11. The molecule has 0 aliphatic carbocycles. The summed E-state index contributed by atoms with van der Waals surface area (Å²) in [7, 11) is 1.65. The lowest BCUT2D eigenvalue weighted by Gasteiger charge is -2.06. The molecule has 1 N–H and O–H groups in total. The van der Waals surface area contributed by atoms with Crippen LogP contribution < -0.4 is 4.74 Å². The Morgan fingerprint density at radius 1 is 1.00 bits per heavy atom. The van der Waals surface area contributed by atoms with Crippen LogP contribution >= 0.6 is 0 Å². The third-order valence-electron chi connectivity index (χ3n) is 1.87. The van der Waals surface area contributed by atoms with Crippen molar-refractivity contribution in [3.63, 3.8) is 0 Å². The van der Waals surface area contributed by atoms with E-state index in [1.807, 2.05) is 12.3 Å². The van der Waals surface area contributed by atoms with Gasteiger partial charge in [-0.15, -0.1) is 0 Å². The van der Waals surface area contributed by atoms with E-state index in [-0.39, 0.29) is 0 Å². The minimum absolute atomic E-state index is 0.552. The van der Waals surface area contributed by atoms with Crippen LogP contribution in [0, 0.1) is 0 Å². The molecule has 0 aliphatic heterocycles. The van der Waals surface area contributed by atoms with Crippen LogP contribution in [0.15, 0.2) is 18.5 Å². The van der Waals surface area contributed by atoms with E-state index in [4.69, 9.17) is 18.9 Å². The number of nitrogens with one attached hydrogen (secondary N) is 1. The zero-order valence-corrected chi connectivity index (χ0v) is 9.61. The Bertz CT molecular complexity index is 238. The van der Waals surface area contributed by atoms with Crippen molar-refractivity contribution < 1.29 is 18.9 Å². The Balaban J connectivity index is 1.78. The molecule has 0 amide bonds. The molecule has 16 heavy (non-hydrogen) atoms. The molecule has 92 valence electrons. The number of H-pyrrole nitrogens is 1. The van der Waals surface area contributed by atoms with E-state index < -0.39 is 0 Å². The highest BCUT2D eigenvalue weighted by molar-refractivity contribution is 5.15. The first-order valence-electron chi connectivity index (χ1n) is 5.33. The maximum absolute atomic E-state index is 5.37. The fourth-order valence-electron chi connectivity index (χ4n) is 1.08. The smallest absolute Gasteiger partial charge is 0.136 e. The number of rotatable bonds is 10. The van der Waals surface area contributed by atoms with Gasteiger partial charge in [-0.05, 0) is 6.07 Å². The van der Waals surface area contributed by atoms with Crippen LogP contribution in [-0.4, -0.2) is 51.7 Å². The minimum atomic E-state index is 0.552. The van der Waals surface area contributed by atoms with Crippen LogP contribution in [-0.2, 0) is 14.2 Å². The highest BCUT2D eigenvalue weighted by Gasteiger charge is 1.93. The molecule has 0 aliphatic rings. The molecule has 0 atom stereocenters. The Morgan fingerprint density at radius 3 is 2.31 bits per heavy atom. The van der Waals surface area contributed by atoms with E-state index in [0.717, 1.165) is 5.75 Å². The predicted octanol–water partition coefficient (Wildman–Crippen LogP) is 1.07. The van der Waals surface area contributed by atoms with Gasteiger partial charge < -0.3 is 23.9 Å². The Kier molecular flexibility index (Phi) is 7.49. The molecule has 0 fully saturated rings. The molecule has 1 aromatic heterocycles. The summed E-state index contributed by atoms with van der Waals surface area (Å²) in [6.07, 6.45) is 3.62. The number of hydrogen-bond donors (Lipinski definition) is 1. The van der Waals surface area contributed by atoms with Gasteiger partial charge in [0.25, 0.3) is 0 Å². The summed E-state index contributed by atoms with van der Waals surface area (Å²) < 4.78 is 20.8. The molecule has 0 bridgehead atoms. The minimum Gasteiger partial charge on any atom is -0.490 e. The summed E-state index contributed by atoms with van der Waals surface area (Å²) in [6.45, 7) is 3.53. The molecule has 1 aromatic rings. The summed E-state index contributed by atoms with van der Waals surface area (Å²) in [5, 5.41) is 0. The third kappa shape index (κ3) is 6.44. The van der Waals surface area contributed by atoms with Crippen molar-refractivity contribution >= 4 is 0 Å². The van der Waals surface area contributed by atoms with E-state index in [0.29, 0.717) is 39.6 Å². The quantitative estimate of drug-likeness (QED) is 0.610. The number of methoxy groups -OCH3 is 1. The predicted molar refractivity (Wildman–Crippen MR) is 59.8 cm³/mol. The van der Waals surface area contributed by atoms with Gasteiger partial charge in [0.1, 0.15) is 12.4 Å². The van der Waals surface area contributed by atoms with Gasteiger partial charge in [0.05, 0.1) is 33.0 Å². The molecule has 0 unspecified atom stereocenters. The van der Waals surface area contributed by atoms with Gasteiger partial charge in [0.2, 0.25) is 0 Å².